The van der Waals surface area contributed by atoms with Gasteiger partial charge in [-0.05, 0) is 43.4 Å². The molecule has 0 atom stereocenters. The number of rotatable bonds is 6. The molecule has 7 nitrogen and oxygen atoms in total. The van der Waals surface area contributed by atoms with Gasteiger partial charge in [0.2, 0.25) is 5.91 Å². The molecular formula is C22H24ClN5O2. The maximum absolute atomic E-state index is 12.3. The molecule has 156 valence electrons. The molecule has 8 heteroatoms. The van der Waals surface area contributed by atoms with Crippen molar-refractivity contribution in [1.82, 2.24) is 14.9 Å². The third kappa shape index (κ3) is 5.17. The molecule has 0 saturated carbocycles. The molecule has 0 bridgehead atoms. The van der Waals surface area contributed by atoms with Gasteiger partial charge in [0.05, 0.1) is 18.1 Å². The number of halogens is 1. The number of nitrogens with zero attached hydrogens (tertiary/aromatic N) is 4. The lowest BCUT2D eigenvalue weighted by Crippen LogP contribution is -2.44. The number of benzene rings is 1. The number of aryl methyl sites for hydroxylation is 1. The van der Waals surface area contributed by atoms with E-state index in [0.717, 1.165) is 37.6 Å². The Kier molecular flexibility index (Phi) is 6.30. The Labute approximate surface area is 180 Å². The van der Waals surface area contributed by atoms with Crippen LogP contribution in [0.5, 0.6) is 0 Å². The highest BCUT2D eigenvalue weighted by molar-refractivity contribution is 6.30. The van der Waals surface area contributed by atoms with Crippen LogP contribution < -0.4 is 10.2 Å². The van der Waals surface area contributed by atoms with Crippen LogP contribution in [-0.4, -0.2) is 54.0 Å². The molecule has 1 aliphatic rings. The van der Waals surface area contributed by atoms with Crippen molar-refractivity contribution >= 4 is 29.0 Å². The van der Waals surface area contributed by atoms with Crippen molar-refractivity contribution in [1.29, 1.82) is 0 Å². The van der Waals surface area contributed by atoms with Gasteiger partial charge in [-0.3, -0.25) is 4.79 Å². The van der Waals surface area contributed by atoms with Gasteiger partial charge < -0.3 is 19.5 Å². The number of piperazine rings is 1. The van der Waals surface area contributed by atoms with Crippen molar-refractivity contribution in [3.63, 3.8) is 0 Å². The highest BCUT2D eigenvalue weighted by atomic mass is 35.5. The van der Waals surface area contributed by atoms with Gasteiger partial charge in [-0.1, -0.05) is 11.6 Å². The maximum Gasteiger partial charge on any atom is 0.224 e. The number of anilines is 2. The second kappa shape index (κ2) is 9.28. The number of hydrogen-bond donors (Lipinski definition) is 1. The summed E-state index contributed by atoms with van der Waals surface area (Å²) < 4.78 is 5.75. The van der Waals surface area contributed by atoms with Crippen LogP contribution in [0.1, 0.15) is 12.3 Å². The monoisotopic (exact) mass is 425 g/mol. The molecule has 1 fully saturated rings. The number of nitrogens with one attached hydrogen (secondary N) is 1. The van der Waals surface area contributed by atoms with E-state index in [1.165, 1.54) is 0 Å². The Hall–Kier alpha value is -2.90. The van der Waals surface area contributed by atoms with E-state index < -0.39 is 0 Å². The molecule has 1 amide bonds. The predicted molar refractivity (Wildman–Crippen MR) is 118 cm³/mol. The number of carbonyl (C=O) groups excluding carboxylic acids is 1. The Morgan fingerprint density at radius 2 is 1.83 bits per heavy atom. The first kappa shape index (κ1) is 20.4. The van der Waals surface area contributed by atoms with Gasteiger partial charge in [-0.15, -0.1) is 0 Å². The van der Waals surface area contributed by atoms with E-state index >= 15 is 0 Å². The lowest BCUT2D eigenvalue weighted by molar-refractivity contribution is -0.116. The van der Waals surface area contributed by atoms with E-state index in [2.05, 4.69) is 32.1 Å². The van der Waals surface area contributed by atoms with Gasteiger partial charge in [0.1, 0.15) is 5.82 Å². The third-order valence-corrected chi connectivity index (χ3v) is 5.36. The van der Waals surface area contributed by atoms with Crippen molar-refractivity contribution in [3.05, 3.63) is 59.7 Å². The van der Waals surface area contributed by atoms with Crippen LogP contribution in [0, 0.1) is 0 Å². The summed E-state index contributed by atoms with van der Waals surface area (Å²) in [6.45, 7) is 3.98. The fraction of sp³-hybridized carbons (Fsp3) is 0.318. The molecule has 1 saturated heterocycles. The summed E-state index contributed by atoms with van der Waals surface area (Å²) in [5.41, 5.74) is 1.58. The number of likely N-dealkylation sites (N-methyl/N-ethyl adjacent to an activating group) is 1. The lowest BCUT2D eigenvalue weighted by Gasteiger charge is -2.33. The van der Waals surface area contributed by atoms with E-state index in [9.17, 15) is 4.79 Å². The van der Waals surface area contributed by atoms with Gasteiger partial charge in [0, 0.05) is 49.6 Å². The van der Waals surface area contributed by atoms with Crippen LogP contribution in [0.4, 0.5) is 11.5 Å². The minimum atomic E-state index is -0.101. The van der Waals surface area contributed by atoms with Crippen molar-refractivity contribution in [2.75, 3.05) is 43.4 Å². The van der Waals surface area contributed by atoms with Crippen molar-refractivity contribution in [3.8, 4) is 11.3 Å². The van der Waals surface area contributed by atoms with Crippen LogP contribution in [0.3, 0.4) is 0 Å². The molecule has 1 aromatic carbocycles. The number of hydrogen-bond acceptors (Lipinski definition) is 6. The minimum Gasteiger partial charge on any atom is -0.441 e. The summed E-state index contributed by atoms with van der Waals surface area (Å²) >= 11 is 5.91. The van der Waals surface area contributed by atoms with Crippen LogP contribution in [0.25, 0.3) is 11.3 Å². The molecule has 0 unspecified atom stereocenters. The second-order valence-electron chi connectivity index (χ2n) is 7.37. The summed E-state index contributed by atoms with van der Waals surface area (Å²) in [6, 6.07) is 11.2. The Bertz CT molecular complexity index is 980. The number of pyridine rings is 1. The first-order valence-electron chi connectivity index (χ1n) is 9.97. The zero-order valence-corrected chi connectivity index (χ0v) is 17.6. The standard InChI is InChI=1S/C22H24ClN5O2/c1-27-10-12-28(13-11-27)20-7-6-18(14-24-20)26-21(29)8-9-22-25-15-19(30-22)16-2-4-17(23)5-3-16/h2-7,14-15H,8-13H2,1H3,(H,26,29). The Balaban J connectivity index is 1.27. The number of aromatic nitrogens is 2. The molecule has 3 aromatic rings. The number of oxazole rings is 1. The fourth-order valence-electron chi connectivity index (χ4n) is 3.30. The van der Waals surface area contributed by atoms with Gasteiger partial charge >= 0.3 is 0 Å². The normalized spacial score (nSPS) is 14.7. The van der Waals surface area contributed by atoms with E-state index in [1.807, 2.05) is 24.3 Å². The lowest BCUT2D eigenvalue weighted by atomic mass is 10.2. The molecule has 0 spiro atoms. The fourth-order valence-corrected chi connectivity index (χ4v) is 3.43. The van der Waals surface area contributed by atoms with Crippen LogP contribution in [-0.2, 0) is 11.2 Å². The largest absolute Gasteiger partial charge is 0.441 e. The van der Waals surface area contributed by atoms with Crippen molar-refractivity contribution in [2.24, 2.45) is 0 Å². The first-order valence-corrected chi connectivity index (χ1v) is 10.3. The molecular weight excluding hydrogens is 402 g/mol. The summed E-state index contributed by atoms with van der Waals surface area (Å²) in [7, 11) is 2.13. The summed E-state index contributed by atoms with van der Waals surface area (Å²) in [6.07, 6.45) is 4.07. The van der Waals surface area contributed by atoms with Crippen molar-refractivity contribution in [2.45, 2.75) is 12.8 Å². The SMILES string of the molecule is CN1CCN(c2ccc(NC(=O)CCc3ncc(-c4ccc(Cl)cc4)o3)cn2)CC1. The predicted octanol–water partition coefficient (Wildman–Crippen LogP) is 3.71. The number of carbonyl (C=O) groups is 1. The molecule has 0 radical (unpaired) electrons. The average molecular weight is 426 g/mol. The quantitative estimate of drug-likeness (QED) is 0.648. The molecule has 3 heterocycles. The van der Waals surface area contributed by atoms with E-state index in [1.54, 1.807) is 24.5 Å². The van der Waals surface area contributed by atoms with Gasteiger partial charge in [-0.25, -0.2) is 9.97 Å². The molecule has 1 N–H and O–H groups in total. The Morgan fingerprint density at radius 3 is 2.53 bits per heavy atom. The summed E-state index contributed by atoms with van der Waals surface area (Å²) in [5.74, 6) is 2.02. The maximum atomic E-state index is 12.3. The van der Waals surface area contributed by atoms with E-state index in [-0.39, 0.29) is 12.3 Å². The molecule has 4 rings (SSSR count). The van der Waals surface area contributed by atoms with Crippen LogP contribution in [0.2, 0.25) is 5.02 Å². The van der Waals surface area contributed by atoms with Crippen LogP contribution in [0.15, 0.2) is 53.2 Å². The van der Waals surface area contributed by atoms with Gasteiger partial charge in [-0.2, -0.15) is 0 Å². The highest BCUT2D eigenvalue weighted by Gasteiger charge is 2.15. The Morgan fingerprint density at radius 1 is 1.07 bits per heavy atom. The highest BCUT2D eigenvalue weighted by Crippen LogP contribution is 2.23. The van der Waals surface area contributed by atoms with E-state index in [0.29, 0.717) is 28.8 Å². The molecule has 30 heavy (non-hydrogen) atoms. The average Bonchev–Trinajstić information content (AvgIpc) is 3.23. The number of amides is 1. The van der Waals surface area contributed by atoms with Gasteiger partial charge in [0.15, 0.2) is 11.7 Å². The summed E-state index contributed by atoms with van der Waals surface area (Å²) in [5, 5.41) is 3.55. The third-order valence-electron chi connectivity index (χ3n) is 5.11. The minimum absolute atomic E-state index is 0.101. The van der Waals surface area contributed by atoms with Crippen LogP contribution >= 0.6 is 11.6 Å². The van der Waals surface area contributed by atoms with Gasteiger partial charge in [0.25, 0.3) is 0 Å². The molecule has 0 aliphatic carbocycles. The summed E-state index contributed by atoms with van der Waals surface area (Å²) in [4.78, 5) is 25.6. The zero-order valence-electron chi connectivity index (χ0n) is 16.8. The zero-order chi connectivity index (χ0) is 20.9. The second-order valence-corrected chi connectivity index (χ2v) is 7.81. The molecule has 1 aliphatic heterocycles. The van der Waals surface area contributed by atoms with Crippen molar-refractivity contribution < 1.29 is 9.21 Å². The van der Waals surface area contributed by atoms with E-state index in [4.69, 9.17) is 16.0 Å². The topological polar surface area (TPSA) is 74.5 Å². The smallest absolute Gasteiger partial charge is 0.224 e. The molecule has 2 aromatic heterocycles. The first-order chi connectivity index (χ1) is 14.6.